The molecule has 0 aliphatic heterocycles. The van der Waals surface area contributed by atoms with Crippen molar-refractivity contribution >= 4 is 23.2 Å². The SMILES string of the molecule is N[C@@H](Cc1ccc([N+](=O)[O-])cc1)C(=O)N(N)C(=O)Cc1ccc([N+](=O)[O-])cc1. The number of benzene rings is 2. The molecule has 2 aromatic rings. The van der Waals surface area contributed by atoms with Crippen molar-refractivity contribution < 1.29 is 19.4 Å². The van der Waals surface area contributed by atoms with Crippen molar-refractivity contribution in [2.24, 2.45) is 11.6 Å². The molecule has 0 saturated carbocycles. The van der Waals surface area contributed by atoms with Crippen molar-refractivity contribution in [2.75, 3.05) is 0 Å². The summed E-state index contributed by atoms with van der Waals surface area (Å²) in [6.45, 7) is 0. The first kappa shape index (κ1) is 20.6. The van der Waals surface area contributed by atoms with Crippen molar-refractivity contribution in [3.8, 4) is 0 Å². The van der Waals surface area contributed by atoms with E-state index in [0.29, 0.717) is 16.1 Å². The smallest absolute Gasteiger partial charge is 0.269 e. The summed E-state index contributed by atoms with van der Waals surface area (Å²) < 4.78 is 0. The molecule has 11 nitrogen and oxygen atoms in total. The van der Waals surface area contributed by atoms with Crippen LogP contribution in [-0.2, 0) is 22.4 Å². The van der Waals surface area contributed by atoms with Gasteiger partial charge < -0.3 is 5.73 Å². The van der Waals surface area contributed by atoms with E-state index >= 15 is 0 Å². The van der Waals surface area contributed by atoms with Gasteiger partial charge in [-0.2, -0.15) is 0 Å². The molecule has 2 rings (SSSR count). The topological polar surface area (TPSA) is 176 Å². The molecule has 0 saturated heterocycles. The summed E-state index contributed by atoms with van der Waals surface area (Å²) in [6.07, 6.45) is -0.195. The van der Waals surface area contributed by atoms with Gasteiger partial charge in [-0.25, -0.2) is 10.9 Å². The number of nitro benzene ring substituents is 2. The van der Waals surface area contributed by atoms with Gasteiger partial charge in [0.2, 0.25) is 5.91 Å². The Morgan fingerprint density at radius 1 is 0.893 bits per heavy atom. The van der Waals surface area contributed by atoms with Crippen LogP contribution >= 0.6 is 0 Å². The maximum atomic E-state index is 12.3. The molecule has 0 fully saturated rings. The van der Waals surface area contributed by atoms with E-state index in [-0.39, 0.29) is 24.2 Å². The number of nitro groups is 2. The van der Waals surface area contributed by atoms with E-state index in [2.05, 4.69) is 0 Å². The first-order valence-electron chi connectivity index (χ1n) is 8.02. The fraction of sp³-hybridized carbons (Fsp3) is 0.176. The van der Waals surface area contributed by atoms with Gasteiger partial charge in [0.25, 0.3) is 17.3 Å². The molecule has 0 bridgehead atoms. The molecule has 0 aromatic heterocycles. The van der Waals surface area contributed by atoms with Crippen molar-refractivity contribution in [3.63, 3.8) is 0 Å². The predicted molar refractivity (Wildman–Crippen MR) is 97.6 cm³/mol. The second kappa shape index (κ2) is 8.79. The lowest BCUT2D eigenvalue weighted by molar-refractivity contribution is -0.385. The first-order chi connectivity index (χ1) is 13.2. The molecular formula is C17H17N5O6. The number of carbonyl (C=O) groups excluding carboxylic acids is 2. The number of rotatable bonds is 7. The van der Waals surface area contributed by atoms with Gasteiger partial charge >= 0.3 is 0 Å². The number of non-ortho nitro benzene ring substituents is 2. The van der Waals surface area contributed by atoms with E-state index in [4.69, 9.17) is 11.6 Å². The zero-order valence-electron chi connectivity index (χ0n) is 14.6. The Morgan fingerprint density at radius 3 is 1.75 bits per heavy atom. The van der Waals surface area contributed by atoms with E-state index in [1.165, 1.54) is 48.5 Å². The summed E-state index contributed by atoms with van der Waals surface area (Å²) in [6, 6.07) is 9.65. The van der Waals surface area contributed by atoms with E-state index in [0.717, 1.165) is 0 Å². The third-order valence-corrected chi connectivity index (χ3v) is 3.93. The number of hydrogen-bond donors (Lipinski definition) is 2. The van der Waals surface area contributed by atoms with E-state index < -0.39 is 27.7 Å². The highest BCUT2D eigenvalue weighted by atomic mass is 16.6. The number of carbonyl (C=O) groups is 2. The number of nitrogens with zero attached hydrogens (tertiary/aromatic N) is 3. The fourth-order valence-electron chi connectivity index (χ4n) is 2.39. The summed E-state index contributed by atoms with van der Waals surface area (Å²) in [4.78, 5) is 44.6. The third kappa shape index (κ3) is 5.16. The van der Waals surface area contributed by atoms with Gasteiger partial charge in [0.05, 0.1) is 22.3 Å². The molecule has 0 spiro atoms. The zero-order chi connectivity index (χ0) is 20.8. The molecule has 11 heteroatoms. The summed E-state index contributed by atoms with van der Waals surface area (Å²) >= 11 is 0. The molecule has 28 heavy (non-hydrogen) atoms. The Kier molecular flexibility index (Phi) is 6.47. The Balaban J connectivity index is 1.96. The molecule has 0 radical (unpaired) electrons. The summed E-state index contributed by atoms with van der Waals surface area (Å²) in [7, 11) is 0. The molecule has 1 atom stereocenters. The van der Waals surface area contributed by atoms with Crippen molar-refractivity contribution in [1.82, 2.24) is 5.01 Å². The number of nitrogens with two attached hydrogens (primary N) is 2. The lowest BCUT2D eigenvalue weighted by atomic mass is 10.1. The summed E-state index contributed by atoms with van der Waals surface area (Å²) in [5, 5.41) is 21.7. The van der Waals surface area contributed by atoms with Gasteiger partial charge in [-0.3, -0.25) is 29.8 Å². The summed E-state index contributed by atoms with van der Waals surface area (Å²) in [5.74, 6) is 4.02. The second-order valence-electron chi connectivity index (χ2n) is 5.94. The van der Waals surface area contributed by atoms with Gasteiger partial charge in [-0.1, -0.05) is 24.3 Å². The quantitative estimate of drug-likeness (QED) is 0.304. The maximum absolute atomic E-state index is 12.3. The van der Waals surface area contributed by atoms with Crippen LogP contribution in [0.25, 0.3) is 0 Å². The van der Waals surface area contributed by atoms with Crippen LogP contribution in [0, 0.1) is 20.2 Å². The lowest BCUT2D eigenvalue weighted by Crippen LogP contribution is -2.51. The fourth-order valence-corrected chi connectivity index (χ4v) is 2.39. The number of imide groups is 1. The second-order valence-corrected chi connectivity index (χ2v) is 5.94. The van der Waals surface area contributed by atoms with E-state index in [1.54, 1.807) is 0 Å². The van der Waals surface area contributed by atoms with Crippen LogP contribution in [0.2, 0.25) is 0 Å². The van der Waals surface area contributed by atoms with Crippen molar-refractivity contribution in [3.05, 3.63) is 79.9 Å². The third-order valence-electron chi connectivity index (χ3n) is 3.93. The van der Waals surface area contributed by atoms with Crippen LogP contribution in [0.5, 0.6) is 0 Å². The van der Waals surface area contributed by atoms with Crippen LogP contribution in [0.15, 0.2) is 48.5 Å². The summed E-state index contributed by atoms with van der Waals surface area (Å²) in [5.41, 5.74) is 6.60. The van der Waals surface area contributed by atoms with Gasteiger partial charge in [-0.05, 0) is 17.5 Å². The van der Waals surface area contributed by atoms with Crippen LogP contribution < -0.4 is 11.6 Å². The van der Waals surface area contributed by atoms with Crippen molar-refractivity contribution in [1.29, 1.82) is 0 Å². The molecular weight excluding hydrogens is 370 g/mol. The maximum Gasteiger partial charge on any atom is 0.269 e. The molecule has 0 aliphatic carbocycles. The largest absolute Gasteiger partial charge is 0.320 e. The van der Waals surface area contributed by atoms with Crippen molar-refractivity contribution in [2.45, 2.75) is 18.9 Å². The first-order valence-corrected chi connectivity index (χ1v) is 8.02. The van der Waals surface area contributed by atoms with Crippen LogP contribution in [-0.4, -0.2) is 32.7 Å². The average molecular weight is 387 g/mol. The monoisotopic (exact) mass is 387 g/mol. The highest BCUT2D eigenvalue weighted by molar-refractivity contribution is 5.97. The Hall–Kier alpha value is -3.70. The van der Waals surface area contributed by atoms with Crippen LogP contribution in [0.1, 0.15) is 11.1 Å². The molecule has 2 amide bonds. The van der Waals surface area contributed by atoms with Gasteiger partial charge in [0.1, 0.15) is 0 Å². The number of hydrazine groups is 1. The minimum absolute atomic E-state index is 0.0370. The zero-order valence-corrected chi connectivity index (χ0v) is 14.6. The number of hydrogen-bond acceptors (Lipinski definition) is 8. The standard InChI is InChI=1S/C17H17N5O6/c18-15(9-11-1-5-13(6-2-11)21(25)26)17(24)20(19)16(23)10-12-3-7-14(8-4-12)22(27)28/h1-8,15H,9-10,18-19H2/t15-/m0/s1. The normalized spacial score (nSPS) is 11.5. The van der Waals surface area contributed by atoms with Gasteiger partial charge in [-0.15, -0.1) is 0 Å². The van der Waals surface area contributed by atoms with Gasteiger partial charge in [0, 0.05) is 24.3 Å². The predicted octanol–water partition coefficient (Wildman–Crippen LogP) is 0.844. The average Bonchev–Trinajstić information content (AvgIpc) is 2.67. The molecule has 0 aliphatic rings. The van der Waals surface area contributed by atoms with Crippen LogP contribution in [0.3, 0.4) is 0 Å². The van der Waals surface area contributed by atoms with E-state index in [1.807, 2.05) is 0 Å². The minimum atomic E-state index is -1.12. The molecule has 146 valence electrons. The number of amides is 2. The minimum Gasteiger partial charge on any atom is -0.320 e. The Bertz CT molecular complexity index is 897. The van der Waals surface area contributed by atoms with Gasteiger partial charge in [0.15, 0.2) is 0 Å². The molecule has 0 heterocycles. The molecule has 4 N–H and O–H groups in total. The lowest BCUT2D eigenvalue weighted by Gasteiger charge is -2.19. The molecule has 0 unspecified atom stereocenters. The highest BCUT2D eigenvalue weighted by Crippen LogP contribution is 2.14. The van der Waals surface area contributed by atoms with E-state index in [9.17, 15) is 29.8 Å². The highest BCUT2D eigenvalue weighted by Gasteiger charge is 2.24. The Labute approximate surface area is 158 Å². The van der Waals surface area contributed by atoms with Crippen LogP contribution in [0.4, 0.5) is 11.4 Å². The Morgan fingerprint density at radius 2 is 1.32 bits per heavy atom. The molecule has 2 aromatic carbocycles.